The Morgan fingerprint density at radius 2 is 1.89 bits per heavy atom. The molecule has 6 aromatic rings. The number of ketones is 1. The Labute approximate surface area is 210 Å². The van der Waals surface area contributed by atoms with Crippen molar-refractivity contribution in [3.8, 4) is 11.1 Å². The molecule has 0 aliphatic carbocycles. The van der Waals surface area contributed by atoms with Crippen molar-refractivity contribution in [1.82, 2.24) is 29.7 Å². The molecule has 0 aliphatic heterocycles. The molecule has 0 saturated heterocycles. The molecule has 5 heterocycles. The van der Waals surface area contributed by atoms with Gasteiger partial charge in [-0.3, -0.25) is 9.59 Å². The van der Waals surface area contributed by atoms with E-state index in [1.807, 2.05) is 19.9 Å². The number of rotatable bonds is 5. The van der Waals surface area contributed by atoms with Gasteiger partial charge in [0.15, 0.2) is 5.65 Å². The molecule has 0 spiro atoms. The number of fused-ring (bicyclic) bond motifs is 2. The number of aromatic amines is 2. The Kier molecular flexibility index (Phi) is 5.26. The summed E-state index contributed by atoms with van der Waals surface area (Å²) in [6.07, 6.45) is 4.31. The lowest BCUT2D eigenvalue weighted by Crippen LogP contribution is -2.20. The van der Waals surface area contributed by atoms with Gasteiger partial charge in [0.1, 0.15) is 34.6 Å². The van der Waals surface area contributed by atoms with E-state index in [2.05, 4.69) is 25.1 Å². The van der Waals surface area contributed by atoms with E-state index in [9.17, 15) is 22.8 Å². The van der Waals surface area contributed by atoms with Gasteiger partial charge < -0.3 is 19.1 Å². The highest BCUT2D eigenvalue weighted by Crippen LogP contribution is 2.28. The first kappa shape index (κ1) is 23.4. The molecule has 0 saturated carbocycles. The third kappa shape index (κ3) is 3.69. The molecule has 1 aromatic carbocycles. The Bertz CT molecular complexity index is 1920. The minimum absolute atomic E-state index is 0.0636. The lowest BCUT2D eigenvalue weighted by Gasteiger charge is -2.05. The number of nitrogens with one attached hydrogen (secondary N) is 2. The summed E-state index contributed by atoms with van der Waals surface area (Å²) in [7, 11) is 0. The molecule has 0 bridgehead atoms. The summed E-state index contributed by atoms with van der Waals surface area (Å²) >= 11 is 0. The molecule has 0 fully saturated rings. The maximum absolute atomic E-state index is 14.2. The number of aromatic nitrogens is 6. The van der Waals surface area contributed by atoms with Gasteiger partial charge in [0, 0.05) is 52.8 Å². The van der Waals surface area contributed by atoms with Crippen LogP contribution in [0.3, 0.4) is 0 Å². The van der Waals surface area contributed by atoms with Crippen LogP contribution in [0.5, 0.6) is 0 Å². The summed E-state index contributed by atoms with van der Waals surface area (Å²) in [4.78, 5) is 40.7. The second kappa shape index (κ2) is 8.54. The Balaban J connectivity index is 1.33. The van der Waals surface area contributed by atoms with Gasteiger partial charge in [0.2, 0.25) is 5.78 Å². The third-order valence-corrected chi connectivity index (χ3v) is 6.32. The van der Waals surface area contributed by atoms with Crippen LogP contribution in [-0.4, -0.2) is 35.4 Å². The summed E-state index contributed by atoms with van der Waals surface area (Å²) in [5.41, 5.74) is 2.06. The number of carbonyl (C=O) groups is 1. The summed E-state index contributed by atoms with van der Waals surface area (Å²) in [6, 6.07) is 4.21. The van der Waals surface area contributed by atoms with Gasteiger partial charge in [-0.25, -0.2) is 23.1 Å². The molecule has 38 heavy (non-hydrogen) atoms. The standard InChI is InChI=1S/C26H17F3N6O3/c1-11-21(12(2)38-34-11)13-5-19-25(31-8-13)33-20(32-19)10-35-4-3-15-16(9-30-23(15)26(35)37)24(36)22-17(28)6-14(27)7-18(22)29/h3-9,30H,10H2,1-2H3,(H,31,32,33). The number of aryl methyl sites for hydroxylation is 2. The molecule has 0 radical (unpaired) electrons. The van der Waals surface area contributed by atoms with E-state index >= 15 is 0 Å². The molecule has 0 aliphatic rings. The molecule has 0 amide bonds. The van der Waals surface area contributed by atoms with Gasteiger partial charge in [-0.05, 0) is 26.0 Å². The Hall–Kier alpha value is -5.00. The molecule has 9 nitrogen and oxygen atoms in total. The van der Waals surface area contributed by atoms with Crippen molar-refractivity contribution < 1.29 is 22.5 Å². The van der Waals surface area contributed by atoms with E-state index in [-0.39, 0.29) is 23.0 Å². The van der Waals surface area contributed by atoms with Crippen LogP contribution in [0.1, 0.15) is 33.2 Å². The van der Waals surface area contributed by atoms with E-state index in [0.717, 1.165) is 16.8 Å². The minimum atomic E-state index is -1.33. The van der Waals surface area contributed by atoms with Gasteiger partial charge in [0.25, 0.3) is 5.56 Å². The van der Waals surface area contributed by atoms with Crippen molar-refractivity contribution in [3.05, 3.63) is 99.1 Å². The van der Waals surface area contributed by atoms with Crippen molar-refractivity contribution in [1.29, 1.82) is 0 Å². The van der Waals surface area contributed by atoms with Crippen LogP contribution < -0.4 is 5.56 Å². The van der Waals surface area contributed by atoms with Crippen molar-refractivity contribution in [3.63, 3.8) is 0 Å². The fourth-order valence-corrected chi connectivity index (χ4v) is 4.58. The zero-order valence-electron chi connectivity index (χ0n) is 19.9. The number of carbonyl (C=O) groups excluding carboxylic acids is 1. The fraction of sp³-hybridized carbons (Fsp3) is 0.115. The van der Waals surface area contributed by atoms with Crippen molar-refractivity contribution in [2.75, 3.05) is 0 Å². The number of benzene rings is 1. The SMILES string of the molecule is Cc1noc(C)c1-c1cnc2nc(Cn3ccc4c(C(=O)c5c(F)cc(F)cc5F)c[nH]c4c3=O)[nH]c2c1. The number of halogens is 3. The van der Waals surface area contributed by atoms with Gasteiger partial charge in [-0.1, -0.05) is 5.16 Å². The van der Waals surface area contributed by atoms with E-state index in [4.69, 9.17) is 4.52 Å². The highest BCUT2D eigenvalue weighted by molar-refractivity contribution is 6.16. The first-order chi connectivity index (χ1) is 18.2. The maximum Gasteiger partial charge on any atom is 0.275 e. The zero-order valence-corrected chi connectivity index (χ0v) is 19.9. The van der Waals surface area contributed by atoms with Crippen LogP contribution in [0.2, 0.25) is 0 Å². The highest BCUT2D eigenvalue weighted by atomic mass is 19.1. The summed E-state index contributed by atoms with van der Waals surface area (Å²) in [5, 5.41) is 4.14. The number of imidazole rings is 1. The average molecular weight is 518 g/mol. The van der Waals surface area contributed by atoms with Crippen LogP contribution in [0.15, 0.2) is 52.2 Å². The molecular weight excluding hydrogens is 501 g/mol. The predicted octanol–water partition coefficient (Wildman–Crippen LogP) is 4.57. The maximum atomic E-state index is 14.2. The minimum Gasteiger partial charge on any atom is -0.361 e. The fourth-order valence-electron chi connectivity index (χ4n) is 4.58. The molecule has 0 atom stereocenters. The molecule has 0 unspecified atom stereocenters. The van der Waals surface area contributed by atoms with E-state index in [0.29, 0.717) is 34.9 Å². The molecule has 5 aromatic heterocycles. The normalized spacial score (nSPS) is 11.6. The number of nitrogens with zero attached hydrogens (tertiary/aromatic N) is 4. The first-order valence-corrected chi connectivity index (χ1v) is 11.4. The van der Waals surface area contributed by atoms with Crippen molar-refractivity contribution >= 4 is 27.9 Å². The Morgan fingerprint density at radius 1 is 1.13 bits per heavy atom. The summed E-state index contributed by atoms with van der Waals surface area (Å²) in [6.45, 7) is 3.71. The van der Waals surface area contributed by atoms with Crippen LogP contribution in [0.4, 0.5) is 13.2 Å². The second-order valence-electron chi connectivity index (χ2n) is 8.79. The topological polar surface area (TPSA) is 122 Å². The first-order valence-electron chi connectivity index (χ1n) is 11.4. The molecule has 190 valence electrons. The third-order valence-electron chi connectivity index (χ3n) is 6.32. The lowest BCUT2D eigenvalue weighted by atomic mass is 10.0. The smallest absolute Gasteiger partial charge is 0.275 e. The van der Waals surface area contributed by atoms with Gasteiger partial charge in [-0.2, -0.15) is 0 Å². The van der Waals surface area contributed by atoms with E-state index < -0.39 is 34.4 Å². The van der Waals surface area contributed by atoms with Crippen molar-refractivity contribution in [2.45, 2.75) is 20.4 Å². The van der Waals surface area contributed by atoms with Crippen molar-refractivity contribution in [2.24, 2.45) is 0 Å². The van der Waals surface area contributed by atoms with Gasteiger partial charge >= 0.3 is 0 Å². The van der Waals surface area contributed by atoms with Crippen LogP contribution in [0, 0.1) is 31.3 Å². The van der Waals surface area contributed by atoms with Crippen LogP contribution in [-0.2, 0) is 6.54 Å². The van der Waals surface area contributed by atoms with Gasteiger partial charge in [0.05, 0.1) is 23.3 Å². The quantitative estimate of drug-likeness (QED) is 0.323. The number of hydrogen-bond acceptors (Lipinski definition) is 6. The molecule has 12 heteroatoms. The molecule has 6 rings (SSSR count). The predicted molar refractivity (Wildman–Crippen MR) is 130 cm³/mol. The lowest BCUT2D eigenvalue weighted by molar-refractivity contribution is 0.103. The van der Waals surface area contributed by atoms with Crippen LogP contribution >= 0.6 is 0 Å². The van der Waals surface area contributed by atoms with Crippen LogP contribution in [0.25, 0.3) is 33.2 Å². The average Bonchev–Trinajstić information content (AvgIpc) is 3.56. The highest BCUT2D eigenvalue weighted by Gasteiger charge is 2.24. The largest absolute Gasteiger partial charge is 0.361 e. The van der Waals surface area contributed by atoms with E-state index in [1.54, 1.807) is 6.20 Å². The number of hydrogen-bond donors (Lipinski definition) is 2. The summed E-state index contributed by atoms with van der Waals surface area (Å²) < 4.78 is 48.2. The second-order valence-corrected chi connectivity index (χ2v) is 8.79. The van der Waals surface area contributed by atoms with Gasteiger partial charge in [-0.15, -0.1) is 0 Å². The summed E-state index contributed by atoms with van der Waals surface area (Å²) in [5.74, 6) is -3.68. The van der Waals surface area contributed by atoms with E-state index in [1.165, 1.54) is 23.0 Å². The number of pyridine rings is 2. The number of H-pyrrole nitrogens is 2. The molecular formula is C26H17F3N6O3. The molecule has 2 N–H and O–H groups in total. The zero-order chi connectivity index (χ0) is 26.7. The Morgan fingerprint density at radius 3 is 2.61 bits per heavy atom. The monoisotopic (exact) mass is 518 g/mol.